The molecule has 0 aromatic rings. The summed E-state index contributed by atoms with van der Waals surface area (Å²) < 4.78 is 0. The second-order valence-electron chi connectivity index (χ2n) is 0.949. The molecule has 0 amide bonds. The van der Waals surface area contributed by atoms with Crippen molar-refractivity contribution in [2.24, 2.45) is 0 Å². The summed E-state index contributed by atoms with van der Waals surface area (Å²) in [6, 6.07) is 0. The van der Waals surface area contributed by atoms with Gasteiger partial charge in [-0.15, -0.1) is 0 Å². The van der Waals surface area contributed by atoms with Gasteiger partial charge in [-0.1, -0.05) is 0 Å². The molecule has 84 valence electrons. The maximum atomic E-state index is 7.57. The van der Waals surface area contributed by atoms with Crippen LogP contribution in [-0.2, 0) is 0 Å². The van der Waals surface area contributed by atoms with Gasteiger partial charge < -0.3 is 33.8 Å². The summed E-state index contributed by atoms with van der Waals surface area (Å²) in [6.45, 7) is 5.79. The predicted molar refractivity (Wildman–Crippen MR) is 53.3 cm³/mol. The predicted octanol–water partition coefficient (Wildman–Crippen LogP) is 0.482. The van der Waals surface area contributed by atoms with Crippen molar-refractivity contribution in [2.45, 2.75) is 20.8 Å². The van der Waals surface area contributed by atoms with E-state index in [4.69, 9.17) is 15.3 Å². The average molecular weight is 189 g/mol. The normalized spacial score (nSPS) is 4.50. The van der Waals surface area contributed by atoms with Gasteiger partial charge in [-0.05, 0) is 20.8 Å². The second kappa shape index (κ2) is 135. The van der Waals surface area contributed by atoms with Gasteiger partial charge in [0.25, 0.3) is 0 Å². The lowest BCUT2D eigenvalue weighted by molar-refractivity contribution is 0.318. The van der Waals surface area contributed by atoms with E-state index in [1.807, 2.05) is 0 Å². The third-order valence-corrected chi connectivity index (χ3v) is 0. The van der Waals surface area contributed by atoms with Crippen molar-refractivity contribution in [1.82, 2.24) is 18.5 Å². The molecule has 12 heavy (non-hydrogen) atoms. The molecule has 0 aromatic heterocycles. The van der Waals surface area contributed by atoms with E-state index in [-0.39, 0.29) is 38.3 Å². The highest BCUT2D eigenvalue weighted by atomic mass is 16.3. The summed E-state index contributed by atoms with van der Waals surface area (Å²) in [5.74, 6) is 0. The van der Waals surface area contributed by atoms with Gasteiger partial charge in [0, 0.05) is 19.8 Å². The lowest BCUT2D eigenvalue weighted by atomic mass is 10.9. The molecule has 0 spiro atoms. The molecule has 0 saturated carbocycles. The third kappa shape index (κ3) is 13000. The highest BCUT2D eigenvalue weighted by molar-refractivity contribution is 3.84. The van der Waals surface area contributed by atoms with Gasteiger partial charge in [-0.25, -0.2) is 0 Å². The Morgan fingerprint density at radius 2 is 0.583 bits per heavy atom. The molecule has 0 aromatic carbocycles. The van der Waals surface area contributed by atoms with Crippen molar-refractivity contribution in [3.05, 3.63) is 0 Å². The largest absolute Gasteiger partial charge is 0.397 e. The topological polar surface area (TPSA) is 166 Å². The van der Waals surface area contributed by atoms with Crippen molar-refractivity contribution in [3.63, 3.8) is 0 Å². The second-order valence-corrected chi connectivity index (χ2v) is 0.949. The summed E-state index contributed by atoms with van der Waals surface area (Å²) in [5.41, 5.74) is 0. The van der Waals surface area contributed by atoms with E-state index in [2.05, 4.69) is 0 Å². The fraction of sp³-hybridized carbons (Fsp3) is 1.00. The molecule has 6 heteroatoms. The van der Waals surface area contributed by atoms with Crippen LogP contribution in [-0.4, -0.2) is 35.1 Å². The van der Waals surface area contributed by atoms with E-state index < -0.39 is 0 Å². The van der Waals surface area contributed by atoms with E-state index in [1.54, 1.807) is 20.8 Å². The Morgan fingerprint density at radius 1 is 0.583 bits per heavy atom. The monoisotopic (exact) mass is 189 g/mol. The van der Waals surface area contributed by atoms with E-state index in [0.717, 1.165) is 0 Å². The molecule has 0 aliphatic rings. The quantitative estimate of drug-likeness (QED) is 0.324. The molecule has 0 bridgehead atoms. The van der Waals surface area contributed by atoms with Crippen LogP contribution >= 0.6 is 0 Å². The summed E-state index contributed by atoms with van der Waals surface area (Å²) in [4.78, 5) is 0. The first-order chi connectivity index (χ1) is 4.24. The first kappa shape index (κ1) is 41.0. The molecule has 0 atom stereocenters. The lowest BCUT2D eigenvalue weighted by Crippen LogP contribution is -1.57. The van der Waals surface area contributed by atoms with Gasteiger partial charge in [0.05, 0.1) is 0 Å². The Labute approximate surface area is 75.4 Å². The number of aliphatic hydroxyl groups is 3. The molecular weight excluding hydrogens is 162 g/mol. The van der Waals surface area contributed by atoms with E-state index in [0.29, 0.717) is 0 Å². The van der Waals surface area contributed by atoms with Crippen LogP contribution in [0.5, 0.6) is 0 Å². The highest BCUT2D eigenvalue weighted by Gasteiger charge is 1.35. The van der Waals surface area contributed by atoms with Crippen LogP contribution in [0.25, 0.3) is 0 Å². The number of rotatable bonds is 0. The summed E-state index contributed by atoms with van der Waals surface area (Å²) in [5, 5.41) is 22.7. The Bertz CT molecular complexity index is 22.8. The van der Waals surface area contributed by atoms with E-state index in [1.165, 1.54) is 0 Å². The Balaban J connectivity index is -0.00000001000. The summed E-state index contributed by atoms with van der Waals surface area (Å²) >= 11 is 0. The van der Waals surface area contributed by atoms with Gasteiger partial charge >= 0.3 is 0 Å². The lowest BCUT2D eigenvalue weighted by Gasteiger charge is -1.52. The van der Waals surface area contributed by atoms with Crippen LogP contribution in [0.3, 0.4) is 0 Å². The Kier molecular flexibility index (Phi) is 460. The molecule has 0 aliphatic carbocycles. The van der Waals surface area contributed by atoms with E-state index >= 15 is 0 Å². The van der Waals surface area contributed by atoms with Crippen LogP contribution in [0.1, 0.15) is 20.8 Å². The minimum atomic E-state index is 0. The van der Waals surface area contributed by atoms with Gasteiger partial charge in [0.15, 0.2) is 0 Å². The molecule has 0 radical (unpaired) electrons. The fourth-order valence-electron chi connectivity index (χ4n) is 0. The summed E-state index contributed by atoms with van der Waals surface area (Å²) in [6.07, 6.45) is 0. The molecule has 0 rings (SSSR count). The van der Waals surface area contributed by atoms with Crippen LogP contribution in [0.15, 0.2) is 0 Å². The summed E-state index contributed by atoms with van der Waals surface area (Å²) in [7, 11) is 0. The van der Waals surface area contributed by atoms with Crippen LogP contribution in [0.2, 0.25) is 0 Å². The smallest absolute Gasteiger partial charge is 0.0402 e. The van der Waals surface area contributed by atoms with Gasteiger partial charge in [-0.3, -0.25) is 0 Å². The van der Waals surface area contributed by atoms with Crippen molar-refractivity contribution < 1.29 is 15.3 Å². The van der Waals surface area contributed by atoms with Crippen molar-refractivity contribution >= 4 is 0 Å². The van der Waals surface area contributed by atoms with Crippen LogP contribution in [0, 0.1) is 0 Å². The molecule has 0 aliphatic heterocycles. The third-order valence-electron chi connectivity index (χ3n) is 0. The van der Waals surface area contributed by atoms with Crippen molar-refractivity contribution in [1.29, 1.82) is 0 Å². The molecule has 12 N–H and O–H groups in total. The van der Waals surface area contributed by atoms with Gasteiger partial charge in [0.1, 0.15) is 0 Å². The van der Waals surface area contributed by atoms with Crippen LogP contribution in [0.4, 0.5) is 0 Å². The van der Waals surface area contributed by atoms with E-state index in [9.17, 15) is 0 Å². The Morgan fingerprint density at radius 3 is 0.583 bits per heavy atom. The van der Waals surface area contributed by atoms with Gasteiger partial charge in [0.2, 0.25) is 0 Å². The molecule has 6 nitrogen and oxygen atoms in total. The minimum Gasteiger partial charge on any atom is -0.397 e. The zero-order valence-corrected chi connectivity index (χ0v) is 8.58. The number of hydrogen-bond acceptors (Lipinski definition) is 6. The Hall–Kier alpha value is -0.240. The van der Waals surface area contributed by atoms with Crippen LogP contribution < -0.4 is 18.5 Å². The van der Waals surface area contributed by atoms with Crippen molar-refractivity contribution in [2.75, 3.05) is 19.8 Å². The standard InChI is InChI=1S/3C2H6O.3H3N/c3*1-2-3;;;/h3*3H,2H2,1H3;3*1H3. The molecular formula is C6H27N3O3. The molecule has 0 heterocycles. The average Bonchev–Trinajstić information content (AvgIpc) is 1.70. The number of hydrogen-bond donors (Lipinski definition) is 6. The molecule has 0 unspecified atom stereocenters. The zero-order valence-electron chi connectivity index (χ0n) is 8.58. The first-order valence-electron chi connectivity index (χ1n) is 3.07. The SMILES string of the molecule is CCO.CCO.CCO.N.N.N. The van der Waals surface area contributed by atoms with Gasteiger partial charge in [-0.2, -0.15) is 0 Å². The number of aliphatic hydroxyl groups excluding tert-OH is 3. The maximum absolute atomic E-state index is 7.57. The minimum absolute atomic E-state index is 0. The fourth-order valence-corrected chi connectivity index (χ4v) is 0. The highest BCUT2D eigenvalue weighted by Crippen LogP contribution is 1.30. The van der Waals surface area contributed by atoms with Crippen molar-refractivity contribution in [3.8, 4) is 0 Å². The first-order valence-corrected chi connectivity index (χ1v) is 3.07. The maximum Gasteiger partial charge on any atom is 0.0402 e. The molecule has 0 fully saturated rings. The zero-order chi connectivity index (χ0) is 8.12. The molecule has 0 saturated heterocycles.